The molecule has 0 bridgehead atoms. The quantitative estimate of drug-likeness (QED) is 0.0487. The zero-order chi connectivity index (χ0) is 40.5. The molecule has 0 saturated carbocycles. The SMILES string of the molecule is CCOC(=O)c1c(C(=O)c2ccccc2-c2ccc(C(F)(F)F)cc2)c[nH]c1-c1ccc(CC(=O)OCC(C(=O)OCC)(C(=O)OCC)c2ccccc2)cc1. The van der Waals surface area contributed by atoms with Gasteiger partial charge < -0.3 is 23.9 Å². The van der Waals surface area contributed by atoms with Gasteiger partial charge in [-0.25, -0.2) is 4.79 Å². The summed E-state index contributed by atoms with van der Waals surface area (Å²) >= 11 is 0. The predicted octanol–water partition coefficient (Wildman–Crippen LogP) is 7.93. The van der Waals surface area contributed by atoms with Gasteiger partial charge >= 0.3 is 30.1 Å². The maximum absolute atomic E-state index is 14.1. The summed E-state index contributed by atoms with van der Waals surface area (Å²) < 4.78 is 61.0. The second kappa shape index (κ2) is 17.8. The molecule has 13 heteroatoms. The molecule has 5 aromatic rings. The highest BCUT2D eigenvalue weighted by Crippen LogP contribution is 2.35. The molecule has 1 heterocycles. The topological polar surface area (TPSA) is 138 Å². The zero-order valence-electron chi connectivity index (χ0n) is 30.7. The van der Waals surface area contributed by atoms with Crippen molar-refractivity contribution < 1.29 is 56.1 Å². The van der Waals surface area contributed by atoms with Gasteiger partial charge in [0, 0.05) is 11.8 Å². The Morgan fingerprint density at radius 1 is 0.607 bits per heavy atom. The molecule has 0 spiro atoms. The lowest BCUT2D eigenvalue weighted by Crippen LogP contribution is -2.50. The molecule has 0 unspecified atom stereocenters. The lowest BCUT2D eigenvalue weighted by molar-refractivity contribution is -0.170. The molecular weight excluding hydrogens is 731 g/mol. The van der Waals surface area contributed by atoms with Crippen LogP contribution in [0.4, 0.5) is 13.2 Å². The highest BCUT2D eigenvalue weighted by atomic mass is 19.4. The summed E-state index contributed by atoms with van der Waals surface area (Å²) in [5.74, 6) is -3.95. The van der Waals surface area contributed by atoms with Crippen LogP contribution in [0.2, 0.25) is 0 Å². The van der Waals surface area contributed by atoms with Crippen LogP contribution in [0.25, 0.3) is 22.4 Å². The molecule has 5 rings (SSSR count). The van der Waals surface area contributed by atoms with Gasteiger partial charge in [0.2, 0.25) is 5.41 Å². The van der Waals surface area contributed by atoms with E-state index in [1.165, 1.54) is 24.4 Å². The van der Waals surface area contributed by atoms with Crippen molar-refractivity contribution in [2.45, 2.75) is 38.8 Å². The van der Waals surface area contributed by atoms with E-state index in [9.17, 15) is 37.1 Å². The highest BCUT2D eigenvalue weighted by molar-refractivity contribution is 6.19. The van der Waals surface area contributed by atoms with Crippen LogP contribution in [-0.2, 0) is 51.3 Å². The summed E-state index contributed by atoms with van der Waals surface area (Å²) in [4.78, 5) is 70.1. The van der Waals surface area contributed by atoms with Gasteiger partial charge in [-0.05, 0) is 60.7 Å². The molecule has 0 aliphatic heterocycles. The summed E-state index contributed by atoms with van der Waals surface area (Å²) in [5.41, 5.74) is -0.630. The number of carbonyl (C=O) groups is 5. The average Bonchev–Trinajstić information content (AvgIpc) is 3.64. The van der Waals surface area contributed by atoms with Gasteiger partial charge in [0.15, 0.2) is 5.78 Å². The fraction of sp³-hybridized carbons (Fsp3) is 0.233. The average molecular weight is 770 g/mol. The fourth-order valence-corrected chi connectivity index (χ4v) is 6.11. The normalized spacial score (nSPS) is 11.4. The van der Waals surface area contributed by atoms with Crippen LogP contribution in [-0.4, -0.2) is 61.1 Å². The van der Waals surface area contributed by atoms with Crippen LogP contribution < -0.4 is 0 Å². The number of carbonyl (C=O) groups excluding carboxylic acids is 5. The largest absolute Gasteiger partial charge is 0.465 e. The van der Waals surface area contributed by atoms with Crippen molar-refractivity contribution in [1.29, 1.82) is 0 Å². The molecule has 0 radical (unpaired) electrons. The van der Waals surface area contributed by atoms with E-state index in [4.69, 9.17) is 18.9 Å². The van der Waals surface area contributed by atoms with E-state index in [0.717, 1.165) is 12.1 Å². The first-order chi connectivity index (χ1) is 26.8. The van der Waals surface area contributed by atoms with E-state index < -0.39 is 53.4 Å². The Hall–Kier alpha value is -6.50. The minimum Gasteiger partial charge on any atom is -0.465 e. The van der Waals surface area contributed by atoms with Crippen molar-refractivity contribution >= 4 is 29.7 Å². The van der Waals surface area contributed by atoms with E-state index in [1.807, 2.05) is 0 Å². The first-order valence-corrected chi connectivity index (χ1v) is 17.7. The fourth-order valence-electron chi connectivity index (χ4n) is 6.11. The van der Waals surface area contributed by atoms with Gasteiger partial charge in [-0.2, -0.15) is 13.2 Å². The molecule has 0 amide bonds. The van der Waals surface area contributed by atoms with Gasteiger partial charge in [0.05, 0.1) is 48.6 Å². The summed E-state index contributed by atoms with van der Waals surface area (Å²) in [7, 11) is 0. The number of halogens is 3. The monoisotopic (exact) mass is 769 g/mol. The minimum absolute atomic E-state index is 0.0121. The molecule has 290 valence electrons. The number of hydrogen-bond acceptors (Lipinski definition) is 9. The Labute approximate surface area is 320 Å². The van der Waals surface area contributed by atoms with Gasteiger partial charge in [0.1, 0.15) is 6.61 Å². The lowest BCUT2D eigenvalue weighted by Gasteiger charge is -2.29. The van der Waals surface area contributed by atoms with E-state index >= 15 is 0 Å². The van der Waals surface area contributed by atoms with Gasteiger partial charge in [-0.15, -0.1) is 0 Å². The number of hydrogen-bond donors (Lipinski definition) is 1. The summed E-state index contributed by atoms with van der Waals surface area (Å²) in [6.45, 7) is 4.07. The molecule has 0 atom stereocenters. The lowest BCUT2D eigenvalue weighted by atomic mass is 9.81. The maximum Gasteiger partial charge on any atom is 0.416 e. The molecular formula is C43H38F3NO9. The molecule has 10 nitrogen and oxygen atoms in total. The Bertz CT molecular complexity index is 2170. The van der Waals surface area contributed by atoms with Crippen LogP contribution >= 0.6 is 0 Å². The molecule has 0 aliphatic rings. The van der Waals surface area contributed by atoms with Crippen molar-refractivity contribution in [2.24, 2.45) is 0 Å². The molecule has 1 aromatic heterocycles. The third kappa shape index (κ3) is 8.72. The van der Waals surface area contributed by atoms with Gasteiger partial charge in [-0.1, -0.05) is 91.0 Å². The second-order valence-corrected chi connectivity index (χ2v) is 12.4. The van der Waals surface area contributed by atoms with Crippen LogP contribution in [0.15, 0.2) is 109 Å². The number of alkyl halides is 3. The van der Waals surface area contributed by atoms with Crippen LogP contribution in [0, 0.1) is 0 Å². The number of aromatic amines is 1. The first-order valence-electron chi connectivity index (χ1n) is 17.7. The third-order valence-electron chi connectivity index (χ3n) is 8.85. The molecule has 56 heavy (non-hydrogen) atoms. The van der Waals surface area contributed by atoms with Crippen molar-refractivity contribution in [1.82, 2.24) is 4.98 Å². The number of ether oxygens (including phenoxy) is 4. The van der Waals surface area contributed by atoms with Crippen molar-refractivity contribution in [2.75, 3.05) is 26.4 Å². The van der Waals surface area contributed by atoms with E-state index in [1.54, 1.807) is 93.6 Å². The smallest absolute Gasteiger partial charge is 0.416 e. The van der Waals surface area contributed by atoms with E-state index in [-0.39, 0.29) is 54.2 Å². The molecule has 0 aliphatic carbocycles. The highest BCUT2D eigenvalue weighted by Gasteiger charge is 2.52. The maximum atomic E-state index is 14.1. The molecule has 0 fully saturated rings. The summed E-state index contributed by atoms with van der Waals surface area (Å²) in [5, 5.41) is 0. The number of aromatic nitrogens is 1. The van der Waals surface area contributed by atoms with Crippen LogP contribution in [0.1, 0.15) is 63.7 Å². The second-order valence-electron chi connectivity index (χ2n) is 12.4. The Morgan fingerprint density at radius 3 is 1.77 bits per heavy atom. The first kappa shape index (κ1) is 40.7. The van der Waals surface area contributed by atoms with E-state index in [2.05, 4.69) is 4.98 Å². The Kier molecular flexibility index (Phi) is 12.9. The number of benzene rings is 4. The number of esters is 4. The van der Waals surface area contributed by atoms with Crippen LogP contribution in [0.5, 0.6) is 0 Å². The number of ketones is 1. The number of nitrogens with one attached hydrogen (secondary N) is 1. The third-order valence-corrected chi connectivity index (χ3v) is 8.85. The van der Waals surface area contributed by atoms with Gasteiger partial charge in [-0.3, -0.25) is 19.2 Å². The Morgan fingerprint density at radius 2 is 1.18 bits per heavy atom. The van der Waals surface area contributed by atoms with Crippen molar-refractivity contribution in [3.63, 3.8) is 0 Å². The molecule has 0 saturated heterocycles. The molecule has 1 N–H and O–H groups in total. The molecule has 4 aromatic carbocycles. The van der Waals surface area contributed by atoms with Gasteiger partial charge in [0.25, 0.3) is 0 Å². The van der Waals surface area contributed by atoms with Crippen molar-refractivity contribution in [3.8, 4) is 22.4 Å². The zero-order valence-corrected chi connectivity index (χ0v) is 30.7. The van der Waals surface area contributed by atoms with Crippen molar-refractivity contribution in [3.05, 3.63) is 143 Å². The standard InChI is InChI=1S/C43H38F3NO9/c1-4-53-39(50)36-34(38(49)33-15-11-10-14-32(33)28-20-22-31(23-21-28)43(44,45)46)25-47-37(36)29-18-16-27(17-19-29)24-35(48)56-26-42(40(51)54-5-2,41(52)55-6-3)30-12-8-7-9-13-30/h7-23,25,47H,4-6,24,26H2,1-3H3. The Balaban J connectivity index is 1.40. The number of H-pyrrole nitrogens is 1. The predicted molar refractivity (Wildman–Crippen MR) is 199 cm³/mol. The number of rotatable bonds is 15. The minimum atomic E-state index is -4.53. The van der Waals surface area contributed by atoms with Crippen LogP contribution in [0.3, 0.4) is 0 Å². The summed E-state index contributed by atoms with van der Waals surface area (Å²) in [6, 6.07) is 25.3. The summed E-state index contributed by atoms with van der Waals surface area (Å²) in [6.07, 6.45) is -3.42. The van der Waals surface area contributed by atoms with E-state index in [0.29, 0.717) is 22.3 Å².